The maximum Gasteiger partial charge on any atom is 0.212 e. The van der Waals surface area contributed by atoms with Crippen molar-refractivity contribution in [2.24, 2.45) is 5.73 Å². The van der Waals surface area contributed by atoms with Crippen molar-refractivity contribution in [3.05, 3.63) is 11.8 Å². The van der Waals surface area contributed by atoms with E-state index in [1.807, 2.05) is 6.08 Å². The molecule has 1 heterocycles. The van der Waals surface area contributed by atoms with Crippen LogP contribution in [0.2, 0.25) is 0 Å². The highest BCUT2D eigenvalue weighted by Gasteiger charge is 2.20. The zero-order chi connectivity index (χ0) is 8.27. The lowest BCUT2D eigenvalue weighted by atomic mass is 10.1. The van der Waals surface area contributed by atoms with Gasteiger partial charge in [0.25, 0.3) is 0 Å². The first kappa shape index (κ1) is 8.56. The van der Waals surface area contributed by atoms with Gasteiger partial charge in [0, 0.05) is 6.42 Å². The molecule has 0 saturated carbocycles. The lowest BCUT2D eigenvalue weighted by Crippen LogP contribution is -2.38. The zero-order valence-corrected chi connectivity index (χ0v) is 6.79. The number of rotatable bonds is 2. The van der Waals surface area contributed by atoms with Gasteiger partial charge in [0.15, 0.2) is 0 Å². The summed E-state index contributed by atoms with van der Waals surface area (Å²) >= 11 is 0. The monoisotopic (exact) mass is 157 g/mol. The van der Waals surface area contributed by atoms with Crippen LogP contribution in [-0.2, 0) is 4.74 Å². The Labute approximate surface area is 66.8 Å². The Morgan fingerprint density at radius 1 is 1.82 bits per heavy atom. The standard InChI is InChI=1S/C8H15NO2/c1-2-3-6-4-5-7(9)8(10)11-6/h4,7-8,10H,2-3,5,9H2,1H3. The van der Waals surface area contributed by atoms with E-state index >= 15 is 0 Å². The average molecular weight is 157 g/mol. The van der Waals surface area contributed by atoms with Crippen LogP contribution in [0.5, 0.6) is 0 Å². The van der Waals surface area contributed by atoms with Crippen LogP contribution in [0.15, 0.2) is 11.8 Å². The van der Waals surface area contributed by atoms with E-state index in [1.54, 1.807) is 0 Å². The number of aliphatic hydroxyl groups is 1. The highest BCUT2D eigenvalue weighted by Crippen LogP contribution is 2.17. The van der Waals surface area contributed by atoms with Crippen molar-refractivity contribution in [1.29, 1.82) is 0 Å². The van der Waals surface area contributed by atoms with E-state index in [-0.39, 0.29) is 6.04 Å². The molecule has 1 aliphatic heterocycles. The molecule has 0 aromatic heterocycles. The molecule has 0 amide bonds. The van der Waals surface area contributed by atoms with E-state index in [4.69, 9.17) is 10.5 Å². The number of allylic oxidation sites excluding steroid dienone is 1. The zero-order valence-electron chi connectivity index (χ0n) is 6.79. The largest absolute Gasteiger partial charge is 0.468 e. The first-order valence-electron chi connectivity index (χ1n) is 4.03. The van der Waals surface area contributed by atoms with Crippen molar-refractivity contribution >= 4 is 0 Å². The molecule has 0 aromatic rings. The van der Waals surface area contributed by atoms with Crippen molar-refractivity contribution in [1.82, 2.24) is 0 Å². The third kappa shape index (κ3) is 2.20. The van der Waals surface area contributed by atoms with Crippen molar-refractivity contribution in [2.45, 2.75) is 38.5 Å². The van der Waals surface area contributed by atoms with Gasteiger partial charge < -0.3 is 15.6 Å². The molecule has 0 bridgehead atoms. The summed E-state index contributed by atoms with van der Waals surface area (Å²) in [5, 5.41) is 9.19. The van der Waals surface area contributed by atoms with Gasteiger partial charge in [0.2, 0.25) is 6.29 Å². The third-order valence-corrected chi connectivity index (χ3v) is 1.75. The SMILES string of the molecule is CCCC1=CCC(N)C(O)O1. The number of nitrogens with two attached hydrogens (primary N) is 1. The van der Waals surface area contributed by atoms with E-state index in [9.17, 15) is 5.11 Å². The van der Waals surface area contributed by atoms with Crippen LogP contribution in [0, 0.1) is 0 Å². The summed E-state index contributed by atoms with van der Waals surface area (Å²) in [4.78, 5) is 0. The van der Waals surface area contributed by atoms with Gasteiger partial charge in [-0.1, -0.05) is 6.92 Å². The second kappa shape index (κ2) is 3.74. The van der Waals surface area contributed by atoms with Gasteiger partial charge in [-0.25, -0.2) is 0 Å². The van der Waals surface area contributed by atoms with Crippen LogP contribution in [-0.4, -0.2) is 17.4 Å². The van der Waals surface area contributed by atoms with Crippen molar-refractivity contribution in [2.75, 3.05) is 0 Å². The maximum absolute atomic E-state index is 9.19. The van der Waals surface area contributed by atoms with Crippen molar-refractivity contribution in [3.63, 3.8) is 0 Å². The quantitative estimate of drug-likeness (QED) is 0.621. The summed E-state index contributed by atoms with van der Waals surface area (Å²) < 4.78 is 5.13. The molecule has 64 valence electrons. The number of hydrogen-bond donors (Lipinski definition) is 2. The summed E-state index contributed by atoms with van der Waals surface area (Å²) in [5.41, 5.74) is 5.52. The van der Waals surface area contributed by atoms with E-state index in [0.717, 1.165) is 25.0 Å². The Bertz CT molecular complexity index is 156. The summed E-state index contributed by atoms with van der Waals surface area (Å²) in [6, 6.07) is -0.254. The molecule has 0 spiro atoms. The predicted molar refractivity (Wildman–Crippen MR) is 42.7 cm³/mol. The minimum atomic E-state index is -0.804. The molecule has 0 aliphatic carbocycles. The number of hydrogen-bond acceptors (Lipinski definition) is 3. The van der Waals surface area contributed by atoms with Gasteiger partial charge in [0.05, 0.1) is 11.8 Å². The molecule has 0 radical (unpaired) electrons. The van der Waals surface area contributed by atoms with Gasteiger partial charge in [-0.05, 0) is 18.9 Å². The smallest absolute Gasteiger partial charge is 0.212 e. The molecular formula is C8H15NO2. The molecule has 3 heteroatoms. The van der Waals surface area contributed by atoms with Crippen LogP contribution in [0.4, 0.5) is 0 Å². The Kier molecular flexibility index (Phi) is 2.91. The molecule has 3 nitrogen and oxygen atoms in total. The lowest BCUT2D eigenvalue weighted by molar-refractivity contribution is -0.0912. The van der Waals surface area contributed by atoms with Crippen molar-refractivity contribution < 1.29 is 9.84 Å². The fraction of sp³-hybridized carbons (Fsp3) is 0.750. The van der Waals surface area contributed by atoms with Gasteiger partial charge in [-0.3, -0.25) is 0 Å². The summed E-state index contributed by atoms with van der Waals surface area (Å²) in [5.74, 6) is 0.877. The van der Waals surface area contributed by atoms with Gasteiger partial charge >= 0.3 is 0 Å². The molecule has 11 heavy (non-hydrogen) atoms. The first-order valence-corrected chi connectivity index (χ1v) is 4.03. The Hall–Kier alpha value is -0.540. The molecule has 3 N–H and O–H groups in total. The fourth-order valence-corrected chi connectivity index (χ4v) is 1.08. The molecule has 1 rings (SSSR count). The molecule has 2 unspecified atom stereocenters. The first-order chi connectivity index (χ1) is 5.24. The Morgan fingerprint density at radius 3 is 3.09 bits per heavy atom. The van der Waals surface area contributed by atoms with Gasteiger partial charge in [-0.15, -0.1) is 0 Å². The van der Waals surface area contributed by atoms with E-state index < -0.39 is 6.29 Å². The summed E-state index contributed by atoms with van der Waals surface area (Å²) in [6.45, 7) is 2.07. The highest BCUT2D eigenvalue weighted by molar-refractivity contribution is 4.99. The second-order valence-electron chi connectivity index (χ2n) is 2.83. The normalized spacial score (nSPS) is 31.0. The van der Waals surface area contributed by atoms with Crippen LogP contribution < -0.4 is 5.73 Å². The molecule has 1 aliphatic rings. The summed E-state index contributed by atoms with van der Waals surface area (Å²) in [6.07, 6.45) is 3.80. The average Bonchev–Trinajstić information content (AvgIpc) is 1.98. The fourth-order valence-electron chi connectivity index (χ4n) is 1.08. The Morgan fingerprint density at radius 2 is 2.55 bits per heavy atom. The van der Waals surface area contributed by atoms with Crippen molar-refractivity contribution in [3.8, 4) is 0 Å². The maximum atomic E-state index is 9.19. The van der Waals surface area contributed by atoms with Crippen LogP contribution in [0.1, 0.15) is 26.2 Å². The predicted octanol–water partition coefficient (Wildman–Crippen LogP) is 0.736. The van der Waals surface area contributed by atoms with Crippen LogP contribution in [0.25, 0.3) is 0 Å². The highest BCUT2D eigenvalue weighted by atomic mass is 16.6. The number of ether oxygens (including phenoxy) is 1. The van der Waals surface area contributed by atoms with Crippen LogP contribution in [0.3, 0.4) is 0 Å². The molecule has 0 saturated heterocycles. The molecule has 0 fully saturated rings. The molecule has 2 atom stereocenters. The number of aliphatic hydroxyl groups excluding tert-OH is 1. The molecular weight excluding hydrogens is 142 g/mol. The second-order valence-corrected chi connectivity index (χ2v) is 2.83. The van der Waals surface area contributed by atoms with E-state index in [0.29, 0.717) is 0 Å². The summed E-state index contributed by atoms with van der Waals surface area (Å²) in [7, 11) is 0. The van der Waals surface area contributed by atoms with E-state index in [1.165, 1.54) is 0 Å². The van der Waals surface area contributed by atoms with Gasteiger partial charge in [-0.2, -0.15) is 0 Å². The minimum absolute atomic E-state index is 0.254. The minimum Gasteiger partial charge on any atom is -0.468 e. The topological polar surface area (TPSA) is 55.5 Å². The Balaban J connectivity index is 2.45. The van der Waals surface area contributed by atoms with E-state index in [2.05, 4.69) is 6.92 Å². The molecule has 0 aromatic carbocycles. The lowest BCUT2D eigenvalue weighted by Gasteiger charge is -2.25. The van der Waals surface area contributed by atoms with Crippen LogP contribution >= 0.6 is 0 Å². The third-order valence-electron chi connectivity index (χ3n) is 1.75. The van der Waals surface area contributed by atoms with Gasteiger partial charge in [0.1, 0.15) is 0 Å².